The van der Waals surface area contributed by atoms with E-state index >= 15 is 0 Å². The average molecular weight is 252 g/mol. The third kappa shape index (κ3) is 3.29. The summed E-state index contributed by atoms with van der Waals surface area (Å²) in [4.78, 5) is 11.4. The van der Waals surface area contributed by atoms with Crippen molar-refractivity contribution in [3.05, 3.63) is 29.6 Å². The van der Waals surface area contributed by atoms with Crippen LogP contribution in [-0.2, 0) is 4.74 Å². The van der Waals surface area contributed by atoms with Crippen LogP contribution >= 0.6 is 0 Å². The molecule has 18 heavy (non-hydrogen) atoms. The number of halogens is 1. The maximum atomic E-state index is 13.1. The van der Waals surface area contributed by atoms with E-state index in [9.17, 15) is 9.18 Å². The Morgan fingerprint density at radius 2 is 2.33 bits per heavy atom. The molecule has 1 unspecified atom stereocenters. The molecule has 1 fully saturated rings. The molecular weight excluding hydrogens is 235 g/mol. The number of benzene rings is 1. The largest absolute Gasteiger partial charge is 0.490 e. The van der Waals surface area contributed by atoms with E-state index in [4.69, 9.17) is 9.47 Å². The van der Waals surface area contributed by atoms with E-state index in [1.54, 1.807) is 0 Å². The standard InChI is InChI=1S/C14H17FO3/c1-10(16)13-8-11(15)5-6-14(13)18-9-12-4-2-3-7-17-12/h5-6,8,12H,2-4,7,9H2,1H3. The van der Waals surface area contributed by atoms with Gasteiger partial charge >= 0.3 is 0 Å². The Labute approximate surface area is 106 Å². The first-order valence-electron chi connectivity index (χ1n) is 6.21. The van der Waals surface area contributed by atoms with Crippen molar-refractivity contribution in [2.24, 2.45) is 0 Å². The summed E-state index contributed by atoms with van der Waals surface area (Å²) < 4.78 is 24.2. The second-order valence-electron chi connectivity index (χ2n) is 4.50. The molecule has 0 aromatic heterocycles. The van der Waals surface area contributed by atoms with Gasteiger partial charge < -0.3 is 9.47 Å². The molecular formula is C14H17FO3. The van der Waals surface area contributed by atoms with Crippen LogP contribution in [0, 0.1) is 5.82 Å². The topological polar surface area (TPSA) is 35.5 Å². The fourth-order valence-electron chi connectivity index (χ4n) is 2.02. The minimum atomic E-state index is -0.429. The van der Waals surface area contributed by atoms with Gasteiger partial charge in [-0.3, -0.25) is 4.79 Å². The van der Waals surface area contributed by atoms with Crippen LogP contribution in [0.5, 0.6) is 5.75 Å². The van der Waals surface area contributed by atoms with Crippen LogP contribution in [0.4, 0.5) is 4.39 Å². The Balaban J connectivity index is 2.01. The van der Waals surface area contributed by atoms with Crippen molar-refractivity contribution in [1.29, 1.82) is 0 Å². The van der Waals surface area contributed by atoms with Crippen molar-refractivity contribution < 1.29 is 18.7 Å². The molecule has 0 saturated carbocycles. The predicted octanol–water partition coefficient (Wildman–Crippen LogP) is 2.98. The van der Waals surface area contributed by atoms with Crippen LogP contribution in [0.1, 0.15) is 36.5 Å². The first-order valence-corrected chi connectivity index (χ1v) is 6.21. The highest BCUT2D eigenvalue weighted by Crippen LogP contribution is 2.22. The van der Waals surface area contributed by atoms with E-state index in [0.717, 1.165) is 25.9 Å². The molecule has 1 atom stereocenters. The molecule has 0 spiro atoms. The first-order chi connectivity index (χ1) is 8.66. The van der Waals surface area contributed by atoms with Crippen molar-refractivity contribution in [2.75, 3.05) is 13.2 Å². The molecule has 0 aliphatic carbocycles. The summed E-state index contributed by atoms with van der Waals surface area (Å²) in [5.41, 5.74) is 0.283. The number of ether oxygens (including phenoxy) is 2. The summed E-state index contributed by atoms with van der Waals surface area (Å²) in [6.45, 7) is 2.57. The molecule has 2 rings (SSSR count). The average Bonchev–Trinajstić information content (AvgIpc) is 2.38. The zero-order valence-electron chi connectivity index (χ0n) is 10.4. The minimum absolute atomic E-state index is 0.0728. The smallest absolute Gasteiger partial charge is 0.163 e. The molecule has 0 bridgehead atoms. The number of Topliss-reactive ketones (excluding diaryl/α,β-unsaturated/α-hetero) is 1. The molecule has 3 nitrogen and oxygen atoms in total. The highest BCUT2D eigenvalue weighted by atomic mass is 19.1. The Kier molecular flexibility index (Phi) is 4.31. The quantitative estimate of drug-likeness (QED) is 0.773. The van der Waals surface area contributed by atoms with Crippen LogP contribution in [0.15, 0.2) is 18.2 Å². The fraction of sp³-hybridized carbons (Fsp3) is 0.500. The molecule has 1 aliphatic heterocycles. The molecule has 1 aromatic carbocycles. The summed E-state index contributed by atoms with van der Waals surface area (Å²) in [6.07, 6.45) is 3.27. The Morgan fingerprint density at radius 1 is 1.50 bits per heavy atom. The number of carbonyl (C=O) groups excluding carboxylic acids is 1. The summed E-state index contributed by atoms with van der Waals surface area (Å²) in [5.74, 6) is -0.200. The van der Waals surface area contributed by atoms with Gasteiger partial charge in [0.2, 0.25) is 0 Å². The Hall–Kier alpha value is -1.42. The lowest BCUT2D eigenvalue weighted by molar-refractivity contribution is -0.0112. The number of ketones is 1. The maximum absolute atomic E-state index is 13.1. The van der Waals surface area contributed by atoms with E-state index in [-0.39, 0.29) is 17.5 Å². The SMILES string of the molecule is CC(=O)c1cc(F)ccc1OCC1CCCCO1. The second-order valence-corrected chi connectivity index (χ2v) is 4.50. The maximum Gasteiger partial charge on any atom is 0.163 e. The fourth-order valence-corrected chi connectivity index (χ4v) is 2.02. The van der Waals surface area contributed by atoms with Crippen molar-refractivity contribution in [2.45, 2.75) is 32.3 Å². The molecule has 0 N–H and O–H groups in total. The van der Waals surface area contributed by atoms with Gasteiger partial charge in [-0.25, -0.2) is 4.39 Å². The number of hydrogen-bond donors (Lipinski definition) is 0. The third-order valence-electron chi connectivity index (χ3n) is 3.02. The van der Waals surface area contributed by atoms with Crippen molar-refractivity contribution in [1.82, 2.24) is 0 Å². The molecule has 0 radical (unpaired) electrons. The first kappa shape index (κ1) is 13.0. The van der Waals surface area contributed by atoms with Gasteiger partial charge in [0, 0.05) is 6.61 Å². The molecule has 0 amide bonds. The lowest BCUT2D eigenvalue weighted by Gasteiger charge is -2.23. The van der Waals surface area contributed by atoms with Gasteiger partial charge in [-0.15, -0.1) is 0 Å². The van der Waals surface area contributed by atoms with Gasteiger partial charge in [-0.05, 0) is 44.4 Å². The third-order valence-corrected chi connectivity index (χ3v) is 3.02. The van der Waals surface area contributed by atoms with E-state index in [2.05, 4.69) is 0 Å². The molecule has 1 aromatic rings. The summed E-state index contributed by atoms with van der Waals surface area (Å²) in [7, 11) is 0. The van der Waals surface area contributed by atoms with Crippen LogP contribution in [0.3, 0.4) is 0 Å². The zero-order valence-corrected chi connectivity index (χ0v) is 10.4. The van der Waals surface area contributed by atoms with E-state index in [0.29, 0.717) is 12.4 Å². The molecule has 1 aliphatic rings. The van der Waals surface area contributed by atoms with Gasteiger partial charge in [0.1, 0.15) is 18.2 Å². The van der Waals surface area contributed by atoms with Crippen LogP contribution < -0.4 is 4.74 Å². The van der Waals surface area contributed by atoms with E-state index < -0.39 is 5.82 Å². The molecule has 98 valence electrons. The van der Waals surface area contributed by atoms with Gasteiger partial charge in [0.25, 0.3) is 0 Å². The number of carbonyl (C=O) groups is 1. The minimum Gasteiger partial charge on any atom is -0.490 e. The Morgan fingerprint density at radius 3 is 3.00 bits per heavy atom. The Bertz CT molecular complexity index is 425. The van der Waals surface area contributed by atoms with Crippen molar-refractivity contribution in [3.63, 3.8) is 0 Å². The van der Waals surface area contributed by atoms with Gasteiger partial charge in [0.05, 0.1) is 11.7 Å². The zero-order chi connectivity index (χ0) is 13.0. The molecule has 1 heterocycles. The highest BCUT2D eigenvalue weighted by molar-refractivity contribution is 5.96. The summed E-state index contributed by atoms with van der Waals surface area (Å²) >= 11 is 0. The van der Waals surface area contributed by atoms with Crippen LogP contribution in [-0.4, -0.2) is 25.1 Å². The number of rotatable bonds is 4. The molecule has 1 saturated heterocycles. The van der Waals surface area contributed by atoms with E-state index in [1.807, 2.05) is 0 Å². The van der Waals surface area contributed by atoms with Crippen molar-refractivity contribution in [3.8, 4) is 5.75 Å². The molecule has 4 heteroatoms. The lowest BCUT2D eigenvalue weighted by Crippen LogP contribution is -2.26. The van der Waals surface area contributed by atoms with Gasteiger partial charge in [-0.2, -0.15) is 0 Å². The number of hydrogen-bond acceptors (Lipinski definition) is 3. The predicted molar refractivity (Wildman–Crippen MR) is 65.5 cm³/mol. The summed E-state index contributed by atoms with van der Waals surface area (Å²) in [5, 5.41) is 0. The highest BCUT2D eigenvalue weighted by Gasteiger charge is 2.16. The summed E-state index contributed by atoms with van der Waals surface area (Å²) in [6, 6.07) is 4.00. The van der Waals surface area contributed by atoms with Crippen LogP contribution in [0.2, 0.25) is 0 Å². The van der Waals surface area contributed by atoms with Gasteiger partial charge in [0.15, 0.2) is 5.78 Å². The van der Waals surface area contributed by atoms with Crippen LogP contribution in [0.25, 0.3) is 0 Å². The lowest BCUT2D eigenvalue weighted by atomic mass is 10.1. The van der Waals surface area contributed by atoms with Crippen molar-refractivity contribution >= 4 is 5.78 Å². The van der Waals surface area contributed by atoms with Gasteiger partial charge in [-0.1, -0.05) is 0 Å². The normalized spacial score (nSPS) is 19.6. The monoisotopic (exact) mass is 252 g/mol. The second kappa shape index (κ2) is 5.96. The van der Waals surface area contributed by atoms with E-state index in [1.165, 1.54) is 25.1 Å².